The molecule has 6 nitrogen and oxygen atoms in total. The zero-order valence-electron chi connectivity index (χ0n) is 19.0. The quantitative estimate of drug-likeness (QED) is 0.503. The van der Waals surface area contributed by atoms with E-state index in [1.807, 2.05) is 42.2 Å². The molecule has 8 heteroatoms. The molecule has 3 aromatic carbocycles. The fourth-order valence-electron chi connectivity index (χ4n) is 4.03. The summed E-state index contributed by atoms with van der Waals surface area (Å²) in [4.78, 5) is 29.7. The maximum atomic E-state index is 12.9. The van der Waals surface area contributed by atoms with Crippen LogP contribution in [0.5, 0.6) is 5.75 Å². The highest BCUT2D eigenvalue weighted by molar-refractivity contribution is 6.33. The number of nitrogens with one attached hydrogen (secondary N) is 1. The van der Waals surface area contributed by atoms with Crippen molar-refractivity contribution in [1.29, 1.82) is 0 Å². The van der Waals surface area contributed by atoms with Crippen LogP contribution in [-0.2, 0) is 0 Å². The summed E-state index contributed by atoms with van der Waals surface area (Å²) in [6.45, 7) is 4.50. The number of aryl methyl sites for hydroxylation is 1. The number of anilines is 2. The molecule has 0 atom stereocenters. The van der Waals surface area contributed by atoms with Crippen LogP contribution in [0.2, 0.25) is 10.0 Å². The van der Waals surface area contributed by atoms with Gasteiger partial charge in [-0.3, -0.25) is 9.59 Å². The van der Waals surface area contributed by atoms with E-state index >= 15 is 0 Å². The molecule has 0 radical (unpaired) electrons. The van der Waals surface area contributed by atoms with Gasteiger partial charge in [0.15, 0.2) is 0 Å². The average molecular weight is 498 g/mol. The minimum absolute atomic E-state index is 0.0540. The van der Waals surface area contributed by atoms with E-state index in [0.717, 1.165) is 16.8 Å². The molecule has 0 aliphatic carbocycles. The SMILES string of the molecule is COc1ccc(Cl)cc1C(=O)Nc1ccc(N2CCN(C(=O)c3ccccc3C)CC2)c(Cl)c1. The average Bonchev–Trinajstić information content (AvgIpc) is 2.84. The van der Waals surface area contributed by atoms with Crippen LogP contribution >= 0.6 is 23.2 Å². The van der Waals surface area contributed by atoms with Crippen LogP contribution in [0.15, 0.2) is 60.7 Å². The summed E-state index contributed by atoms with van der Waals surface area (Å²) in [6.07, 6.45) is 0. The Labute approximate surface area is 209 Å². The summed E-state index contributed by atoms with van der Waals surface area (Å²) in [6, 6.07) is 17.9. The van der Waals surface area contributed by atoms with E-state index in [1.54, 1.807) is 30.3 Å². The van der Waals surface area contributed by atoms with E-state index in [0.29, 0.717) is 53.2 Å². The second-order valence-electron chi connectivity index (χ2n) is 8.06. The summed E-state index contributed by atoms with van der Waals surface area (Å²) in [5.74, 6) is 0.146. The normalized spacial score (nSPS) is 13.5. The number of rotatable bonds is 5. The number of benzene rings is 3. The van der Waals surface area contributed by atoms with Gasteiger partial charge < -0.3 is 19.9 Å². The summed E-state index contributed by atoms with van der Waals surface area (Å²) in [5.41, 5.74) is 3.48. The Hall–Kier alpha value is -3.22. The van der Waals surface area contributed by atoms with Gasteiger partial charge in [-0.15, -0.1) is 0 Å². The molecule has 0 unspecified atom stereocenters. The molecule has 1 saturated heterocycles. The first-order valence-electron chi connectivity index (χ1n) is 10.9. The molecular formula is C26H25Cl2N3O3. The van der Waals surface area contributed by atoms with Gasteiger partial charge in [-0.1, -0.05) is 41.4 Å². The third kappa shape index (κ3) is 5.13. The topological polar surface area (TPSA) is 61.9 Å². The molecule has 1 aliphatic rings. The lowest BCUT2D eigenvalue weighted by molar-refractivity contribution is 0.0746. The Kier molecular flexibility index (Phi) is 7.29. The lowest BCUT2D eigenvalue weighted by atomic mass is 10.1. The first kappa shape index (κ1) is 23.9. The molecule has 1 N–H and O–H groups in total. The van der Waals surface area contributed by atoms with Gasteiger partial charge in [0.2, 0.25) is 0 Å². The van der Waals surface area contributed by atoms with Crippen LogP contribution in [0.1, 0.15) is 26.3 Å². The molecule has 3 aromatic rings. The van der Waals surface area contributed by atoms with E-state index in [-0.39, 0.29) is 11.8 Å². The number of ether oxygens (including phenoxy) is 1. The lowest BCUT2D eigenvalue weighted by Crippen LogP contribution is -2.49. The predicted molar refractivity (Wildman–Crippen MR) is 137 cm³/mol. The van der Waals surface area contributed by atoms with Crippen LogP contribution in [0.3, 0.4) is 0 Å². The van der Waals surface area contributed by atoms with Crippen LogP contribution < -0.4 is 15.0 Å². The Morgan fingerprint density at radius 2 is 1.65 bits per heavy atom. The van der Waals surface area contributed by atoms with Crippen molar-refractivity contribution < 1.29 is 14.3 Å². The molecule has 0 saturated carbocycles. The molecule has 0 bridgehead atoms. The second kappa shape index (κ2) is 10.4. The predicted octanol–water partition coefficient (Wildman–Crippen LogP) is 5.53. The third-order valence-corrected chi connectivity index (χ3v) is 6.43. The molecule has 4 rings (SSSR count). The molecule has 1 fully saturated rings. The van der Waals surface area contributed by atoms with E-state index in [9.17, 15) is 9.59 Å². The second-order valence-corrected chi connectivity index (χ2v) is 8.90. The first-order valence-corrected chi connectivity index (χ1v) is 11.7. The standard InChI is InChI=1S/C26H25Cl2N3O3/c1-17-5-3-4-6-20(17)26(33)31-13-11-30(12-14-31)23-9-8-19(16-22(23)28)29-25(32)21-15-18(27)7-10-24(21)34-2/h3-10,15-16H,11-14H2,1-2H3,(H,29,32). The van der Waals surface area contributed by atoms with Crippen molar-refractivity contribution in [2.24, 2.45) is 0 Å². The Balaban J connectivity index is 1.41. The number of piperazine rings is 1. The molecule has 0 spiro atoms. The van der Waals surface area contributed by atoms with Gasteiger partial charge in [-0.2, -0.15) is 0 Å². The highest BCUT2D eigenvalue weighted by Gasteiger charge is 2.24. The molecule has 1 heterocycles. The van der Waals surface area contributed by atoms with E-state index < -0.39 is 0 Å². The van der Waals surface area contributed by atoms with E-state index in [2.05, 4.69) is 10.2 Å². The Bertz CT molecular complexity index is 1220. The first-order chi connectivity index (χ1) is 16.4. The Morgan fingerprint density at radius 1 is 0.912 bits per heavy atom. The van der Waals surface area contributed by atoms with E-state index in [4.69, 9.17) is 27.9 Å². The zero-order valence-corrected chi connectivity index (χ0v) is 20.5. The molecule has 0 aromatic heterocycles. The summed E-state index contributed by atoms with van der Waals surface area (Å²) < 4.78 is 5.26. The van der Waals surface area contributed by atoms with Crippen molar-refractivity contribution in [2.75, 3.05) is 43.5 Å². The van der Waals surface area contributed by atoms with Gasteiger partial charge >= 0.3 is 0 Å². The van der Waals surface area contributed by atoms with Crippen molar-refractivity contribution in [3.8, 4) is 5.75 Å². The largest absolute Gasteiger partial charge is 0.496 e. The van der Waals surface area contributed by atoms with Gasteiger partial charge in [-0.05, 0) is 55.0 Å². The molecule has 176 valence electrons. The van der Waals surface area contributed by atoms with Crippen LogP contribution in [0, 0.1) is 6.92 Å². The summed E-state index contributed by atoms with van der Waals surface area (Å²) in [5, 5.41) is 3.81. The summed E-state index contributed by atoms with van der Waals surface area (Å²) >= 11 is 12.6. The number of hydrogen-bond donors (Lipinski definition) is 1. The fraction of sp³-hybridized carbons (Fsp3) is 0.231. The number of halogens is 2. The number of amides is 2. The monoisotopic (exact) mass is 497 g/mol. The molecular weight excluding hydrogens is 473 g/mol. The Morgan fingerprint density at radius 3 is 2.32 bits per heavy atom. The number of nitrogens with zero attached hydrogens (tertiary/aromatic N) is 2. The van der Waals surface area contributed by atoms with Crippen molar-refractivity contribution >= 4 is 46.4 Å². The highest BCUT2D eigenvalue weighted by atomic mass is 35.5. The third-order valence-electron chi connectivity index (χ3n) is 5.89. The molecule has 1 aliphatic heterocycles. The minimum Gasteiger partial charge on any atom is -0.496 e. The van der Waals surface area contributed by atoms with Crippen molar-refractivity contribution in [3.63, 3.8) is 0 Å². The number of carbonyl (C=O) groups excluding carboxylic acids is 2. The van der Waals surface area contributed by atoms with Crippen molar-refractivity contribution in [1.82, 2.24) is 4.90 Å². The molecule has 34 heavy (non-hydrogen) atoms. The fourth-order valence-corrected chi connectivity index (χ4v) is 4.50. The van der Waals surface area contributed by atoms with Gasteiger partial charge in [0, 0.05) is 42.5 Å². The van der Waals surface area contributed by atoms with Crippen LogP contribution in [0.25, 0.3) is 0 Å². The van der Waals surface area contributed by atoms with Crippen molar-refractivity contribution in [2.45, 2.75) is 6.92 Å². The van der Waals surface area contributed by atoms with Crippen LogP contribution in [0.4, 0.5) is 11.4 Å². The maximum Gasteiger partial charge on any atom is 0.259 e. The smallest absolute Gasteiger partial charge is 0.259 e. The number of methoxy groups -OCH3 is 1. The highest BCUT2D eigenvalue weighted by Crippen LogP contribution is 2.31. The number of carbonyl (C=O) groups is 2. The van der Waals surface area contributed by atoms with Crippen molar-refractivity contribution in [3.05, 3.63) is 87.4 Å². The molecule has 2 amide bonds. The van der Waals surface area contributed by atoms with Gasteiger partial charge in [-0.25, -0.2) is 0 Å². The van der Waals surface area contributed by atoms with Gasteiger partial charge in [0.1, 0.15) is 5.75 Å². The lowest BCUT2D eigenvalue weighted by Gasteiger charge is -2.36. The van der Waals surface area contributed by atoms with Crippen LogP contribution in [-0.4, -0.2) is 50.0 Å². The van der Waals surface area contributed by atoms with E-state index in [1.165, 1.54) is 7.11 Å². The maximum absolute atomic E-state index is 12.9. The minimum atomic E-state index is -0.341. The summed E-state index contributed by atoms with van der Waals surface area (Å²) in [7, 11) is 1.50. The number of hydrogen-bond acceptors (Lipinski definition) is 4. The van der Waals surface area contributed by atoms with Gasteiger partial charge in [0.05, 0.1) is 23.4 Å². The van der Waals surface area contributed by atoms with Gasteiger partial charge in [0.25, 0.3) is 11.8 Å². The zero-order chi connectivity index (χ0) is 24.2.